The summed E-state index contributed by atoms with van der Waals surface area (Å²) < 4.78 is 0. The number of carbonyl (C=O) groups excluding carboxylic acids is 1. The highest BCUT2D eigenvalue weighted by molar-refractivity contribution is 5.95. The molecule has 1 aromatic carbocycles. The first-order chi connectivity index (χ1) is 13.0. The maximum Gasteiger partial charge on any atom is 0.282 e. The van der Waals surface area contributed by atoms with Crippen LogP contribution in [0.2, 0.25) is 0 Å². The van der Waals surface area contributed by atoms with Gasteiger partial charge in [0.2, 0.25) is 0 Å². The van der Waals surface area contributed by atoms with Gasteiger partial charge in [-0.3, -0.25) is 9.69 Å². The molecule has 1 amide bonds. The molecule has 2 heterocycles. The molecule has 0 spiro atoms. The fourth-order valence-electron chi connectivity index (χ4n) is 3.81. The average Bonchev–Trinajstić information content (AvgIpc) is 2.69. The molecule has 0 saturated carbocycles. The zero-order valence-corrected chi connectivity index (χ0v) is 16.9. The summed E-state index contributed by atoms with van der Waals surface area (Å²) in [5.74, 6) is 1.64. The van der Waals surface area contributed by atoms with E-state index in [4.69, 9.17) is 0 Å². The number of H-pyrrole nitrogens is 1. The minimum absolute atomic E-state index is 0.0634. The molecule has 0 aliphatic carbocycles. The predicted octanol–water partition coefficient (Wildman–Crippen LogP) is 1.66. The van der Waals surface area contributed by atoms with E-state index in [-0.39, 0.29) is 11.9 Å². The fraction of sp³-hybridized carbons (Fsp3) is 0.455. The number of aromatic nitrogens is 1. The van der Waals surface area contributed by atoms with Crippen molar-refractivity contribution in [1.29, 1.82) is 0 Å². The number of anilines is 2. The Bertz CT molecular complexity index is 767. The van der Waals surface area contributed by atoms with E-state index in [0.717, 1.165) is 43.2 Å². The summed E-state index contributed by atoms with van der Waals surface area (Å²) in [6.45, 7) is 12.3. The van der Waals surface area contributed by atoms with Crippen LogP contribution in [0.4, 0.5) is 11.5 Å². The number of benzene rings is 1. The number of aryl methyl sites for hydroxylation is 1. The number of quaternary nitrogens is 1. The molecule has 1 saturated heterocycles. The van der Waals surface area contributed by atoms with Crippen LogP contribution in [0, 0.1) is 6.92 Å². The lowest BCUT2D eigenvalue weighted by molar-refractivity contribution is -0.914. The quantitative estimate of drug-likeness (QED) is 0.843. The molecule has 1 aliphatic heterocycles. The van der Waals surface area contributed by atoms with Crippen molar-refractivity contribution >= 4 is 17.4 Å². The monoisotopic (exact) mass is 368 g/mol. The maximum absolute atomic E-state index is 12.9. The summed E-state index contributed by atoms with van der Waals surface area (Å²) in [7, 11) is 0. The third kappa shape index (κ3) is 4.48. The number of para-hydroxylation sites is 1. The number of nitrogens with zero attached hydrogens (tertiary/aromatic N) is 1. The van der Waals surface area contributed by atoms with Gasteiger partial charge in [-0.1, -0.05) is 38.1 Å². The zero-order chi connectivity index (χ0) is 19.4. The van der Waals surface area contributed by atoms with Gasteiger partial charge in [0.05, 0.1) is 6.20 Å². The van der Waals surface area contributed by atoms with Crippen molar-refractivity contribution in [1.82, 2.24) is 0 Å². The van der Waals surface area contributed by atoms with Gasteiger partial charge in [0.25, 0.3) is 11.7 Å². The first-order valence-electron chi connectivity index (χ1n) is 9.94. The Labute approximate surface area is 162 Å². The van der Waals surface area contributed by atoms with E-state index < -0.39 is 0 Å². The van der Waals surface area contributed by atoms with Crippen molar-refractivity contribution in [3.8, 4) is 0 Å². The molecule has 1 aromatic heterocycles. The van der Waals surface area contributed by atoms with Crippen molar-refractivity contribution in [2.45, 2.75) is 39.7 Å². The van der Waals surface area contributed by atoms with Gasteiger partial charge >= 0.3 is 0 Å². The molecule has 5 nitrogen and oxygen atoms in total. The Morgan fingerprint density at radius 3 is 2.48 bits per heavy atom. The van der Waals surface area contributed by atoms with Crippen LogP contribution in [0.15, 0.2) is 42.6 Å². The minimum Gasteiger partial charge on any atom is -0.320 e. The van der Waals surface area contributed by atoms with Gasteiger partial charge in [-0.05, 0) is 37.0 Å². The van der Waals surface area contributed by atoms with E-state index in [0.29, 0.717) is 5.92 Å². The zero-order valence-electron chi connectivity index (χ0n) is 16.9. The Hall–Kier alpha value is -2.40. The summed E-state index contributed by atoms with van der Waals surface area (Å²) in [4.78, 5) is 19.9. The van der Waals surface area contributed by atoms with Gasteiger partial charge in [-0.2, -0.15) is 0 Å². The van der Waals surface area contributed by atoms with Gasteiger partial charge in [-0.15, -0.1) is 0 Å². The smallest absolute Gasteiger partial charge is 0.282 e. The van der Waals surface area contributed by atoms with Crippen LogP contribution in [0.1, 0.15) is 37.8 Å². The summed E-state index contributed by atoms with van der Waals surface area (Å²) in [5, 5.41) is 3.22. The molecule has 1 fully saturated rings. The van der Waals surface area contributed by atoms with E-state index in [1.807, 2.05) is 19.2 Å². The highest BCUT2D eigenvalue weighted by Gasteiger charge is 2.32. The second-order valence-corrected chi connectivity index (χ2v) is 7.80. The molecule has 0 unspecified atom stereocenters. The molecular formula is C22H32N4O+2. The largest absolute Gasteiger partial charge is 0.320 e. The summed E-state index contributed by atoms with van der Waals surface area (Å²) in [6, 6.07) is 12.3. The lowest BCUT2D eigenvalue weighted by Crippen LogP contribution is -3.19. The van der Waals surface area contributed by atoms with Crippen LogP contribution in [-0.4, -0.2) is 38.1 Å². The van der Waals surface area contributed by atoms with Gasteiger partial charge in [0.15, 0.2) is 6.04 Å². The van der Waals surface area contributed by atoms with E-state index in [2.05, 4.69) is 66.3 Å². The Balaban J connectivity index is 1.62. The molecule has 1 atom stereocenters. The molecule has 0 radical (unpaired) electrons. The maximum atomic E-state index is 12.9. The third-order valence-corrected chi connectivity index (χ3v) is 5.62. The van der Waals surface area contributed by atoms with Crippen LogP contribution in [0.3, 0.4) is 0 Å². The summed E-state index contributed by atoms with van der Waals surface area (Å²) in [5.41, 5.74) is 3.32. The summed E-state index contributed by atoms with van der Waals surface area (Å²) >= 11 is 0. The SMILES string of the molecule is Cc1cccc(C(C)C)c1NC(=O)[C@@H](C)[NH+]1CCN(c2cccc[nH+]2)CC1. The number of hydrogen-bond donors (Lipinski definition) is 2. The van der Waals surface area contributed by atoms with Gasteiger partial charge in [0.1, 0.15) is 26.2 Å². The molecule has 5 heteroatoms. The fourth-order valence-corrected chi connectivity index (χ4v) is 3.81. The van der Waals surface area contributed by atoms with Crippen LogP contribution in [0.25, 0.3) is 0 Å². The van der Waals surface area contributed by atoms with E-state index in [1.54, 1.807) is 0 Å². The van der Waals surface area contributed by atoms with Gasteiger partial charge in [-0.25, -0.2) is 4.98 Å². The molecule has 0 bridgehead atoms. The predicted molar refractivity (Wildman–Crippen MR) is 109 cm³/mol. The molecule has 27 heavy (non-hydrogen) atoms. The topological polar surface area (TPSA) is 50.9 Å². The molecular weight excluding hydrogens is 336 g/mol. The van der Waals surface area contributed by atoms with Crippen molar-refractivity contribution in [2.75, 3.05) is 36.4 Å². The number of pyridine rings is 1. The van der Waals surface area contributed by atoms with Crippen molar-refractivity contribution in [3.63, 3.8) is 0 Å². The minimum atomic E-state index is -0.0634. The van der Waals surface area contributed by atoms with Crippen LogP contribution in [-0.2, 0) is 4.79 Å². The molecule has 144 valence electrons. The second-order valence-electron chi connectivity index (χ2n) is 7.80. The Kier molecular flexibility index (Phi) is 6.11. The average molecular weight is 369 g/mol. The van der Waals surface area contributed by atoms with Crippen molar-refractivity contribution < 1.29 is 14.7 Å². The normalized spacial score (nSPS) is 16.4. The number of hydrogen-bond acceptors (Lipinski definition) is 2. The lowest BCUT2D eigenvalue weighted by Gasteiger charge is -2.31. The van der Waals surface area contributed by atoms with Crippen molar-refractivity contribution in [2.24, 2.45) is 0 Å². The van der Waals surface area contributed by atoms with Crippen LogP contribution < -0.4 is 20.1 Å². The number of aromatic amines is 1. The van der Waals surface area contributed by atoms with Crippen LogP contribution >= 0.6 is 0 Å². The number of nitrogens with one attached hydrogen (secondary N) is 3. The van der Waals surface area contributed by atoms with Crippen molar-refractivity contribution in [3.05, 3.63) is 53.7 Å². The van der Waals surface area contributed by atoms with E-state index >= 15 is 0 Å². The molecule has 3 N–H and O–H groups in total. The number of carbonyl (C=O) groups is 1. The van der Waals surface area contributed by atoms with Gasteiger partial charge < -0.3 is 10.2 Å². The third-order valence-electron chi connectivity index (χ3n) is 5.62. The standard InChI is InChI=1S/C22H30N4O/c1-16(2)19-9-7-8-17(3)21(19)24-22(27)18(4)25-12-14-26(15-13-25)20-10-5-6-11-23-20/h5-11,16,18H,12-15H2,1-4H3,(H,24,27)/p+2/t18-/m1/s1. The number of amides is 1. The van der Waals surface area contributed by atoms with Gasteiger partial charge in [0, 0.05) is 11.8 Å². The Morgan fingerprint density at radius 2 is 1.85 bits per heavy atom. The van der Waals surface area contributed by atoms with Crippen LogP contribution in [0.5, 0.6) is 0 Å². The summed E-state index contributed by atoms with van der Waals surface area (Å²) in [6.07, 6.45) is 1.96. The van der Waals surface area contributed by atoms with E-state index in [1.165, 1.54) is 10.5 Å². The molecule has 2 aromatic rings. The molecule has 3 rings (SSSR count). The highest BCUT2D eigenvalue weighted by Crippen LogP contribution is 2.27. The molecule has 1 aliphatic rings. The van der Waals surface area contributed by atoms with E-state index in [9.17, 15) is 4.79 Å². The lowest BCUT2D eigenvalue weighted by atomic mass is 9.98. The Morgan fingerprint density at radius 1 is 1.11 bits per heavy atom. The number of piperazine rings is 1. The second kappa shape index (κ2) is 8.53. The highest BCUT2D eigenvalue weighted by atomic mass is 16.2. The first kappa shape index (κ1) is 19.4. The first-order valence-corrected chi connectivity index (χ1v) is 9.94. The number of rotatable bonds is 5.